The summed E-state index contributed by atoms with van der Waals surface area (Å²) in [5, 5.41) is 8.64. The summed E-state index contributed by atoms with van der Waals surface area (Å²) in [5.41, 5.74) is 0. The summed E-state index contributed by atoms with van der Waals surface area (Å²) in [6, 6.07) is 2.30. The SMILES string of the molecule is CCS(C)(CC)CCC(C)C#N. The highest BCUT2D eigenvalue weighted by Gasteiger charge is 2.14. The summed E-state index contributed by atoms with van der Waals surface area (Å²) >= 11 is 0. The molecule has 1 unspecified atom stereocenters. The van der Waals surface area contributed by atoms with E-state index in [0.29, 0.717) is 0 Å². The number of rotatable bonds is 5. The molecule has 72 valence electrons. The lowest BCUT2D eigenvalue weighted by molar-refractivity contribution is 0.717. The molecule has 0 spiro atoms. The standard InChI is InChI=1S/C10H21NS/c1-5-12(4,6-2)8-7-10(3)9-11/h10H,5-8H2,1-4H3. The zero-order chi connectivity index (χ0) is 9.61. The average Bonchev–Trinajstić information content (AvgIpc) is 2.13. The number of nitriles is 1. The Morgan fingerprint density at radius 2 is 1.83 bits per heavy atom. The first-order valence-electron chi connectivity index (χ1n) is 4.69. The van der Waals surface area contributed by atoms with Gasteiger partial charge in [0.2, 0.25) is 0 Å². The van der Waals surface area contributed by atoms with Crippen molar-refractivity contribution in [3.8, 4) is 6.07 Å². The Balaban J connectivity index is 3.82. The van der Waals surface area contributed by atoms with E-state index >= 15 is 0 Å². The van der Waals surface area contributed by atoms with Crippen LogP contribution in [-0.4, -0.2) is 23.5 Å². The maximum absolute atomic E-state index is 8.64. The van der Waals surface area contributed by atoms with E-state index in [1.165, 1.54) is 17.3 Å². The molecule has 0 saturated carbocycles. The molecule has 1 atom stereocenters. The maximum Gasteiger partial charge on any atom is 0.0653 e. The summed E-state index contributed by atoms with van der Waals surface area (Å²) in [6.07, 6.45) is 3.49. The van der Waals surface area contributed by atoms with Gasteiger partial charge in [-0.1, -0.05) is 13.8 Å². The summed E-state index contributed by atoms with van der Waals surface area (Å²) in [6.45, 7) is 6.57. The molecule has 0 aliphatic heterocycles. The van der Waals surface area contributed by atoms with E-state index < -0.39 is 0 Å². The maximum atomic E-state index is 8.64. The quantitative estimate of drug-likeness (QED) is 0.649. The highest BCUT2D eigenvalue weighted by Crippen LogP contribution is 2.44. The van der Waals surface area contributed by atoms with Crippen LogP contribution in [0, 0.1) is 17.2 Å². The van der Waals surface area contributed by atoms with Crippen LogP contribution in [0.2, 0.25) is 0 Å². The highest BCUT2D eigenvalue weighted by molar-refractivity contribution is 8.33. The van der Waals surface area contributed by atoms with Gasteiger partial charge in [0.15, 0.2) is 0 Å². The van der Waals surface area contributed by atoms with Crippen LogP contribution in [0.3, 0.4) is 0 Å². The fourth-order valence-corrected chi connectivity index (χ4v) is 2.93. The van der Waals surface area contributed by atoms with Crippen molar-refractivity contribution in [1.29, 1.82) is 5.26 Å². The van der Waals surface area contributed by atoms with Gasteiger partial charge >= 0.3 is 0 Å². The molecule has 0 rings (SSSR count). The second kappa shape index (κ2) is 5.48. The van der Waals surface area contributed by atoms with Gasteiger partial charge in [-0.25, -0.2) is 10.0 Å². The van der Waals surface area contributed by atoms with Crippen LogP contribution in [0.5, 0.6) is 0 Å². The van der Waals surface area contributed by atoms with Gasteiger partial charge in [-0.3, -0.25) is 0 Å². The third kappa shape index (κ3) is 4.01. The Labute approximate surface area is 78.5 Å². The molecule has 0 amide bonds. The predicted molar refractivity (Wildman–Crippen MR) is 58.9 cm³/mol. The molecule has 0 saturated heterocycles. The molecule has 2 heteroatoms. The van der Waals surface area contributed by atoms with E-state index in [1.54, 1.807) is 0 Å². The fraction of sp³-hybridized carbons (Fsp3) is 0.900. The Hall–Kier alpha value is -0.160. The van der Waals surface area contributed by atoms with E-state index in [2.05, 4.69) is 26.2 Å². The molecule has 0 aromatic carbocycles. The van der Waals surface area contributed by atoms with E-state index in [4.69, 9.17) is 5.26 Å². The molecular weight excluding hydrogens is 166 g/mol. The Morgan fingerprint density at radius 3 is 2.17 bits per heavy atom. The third-order valence-electron chi connectivity index (χ3n) is 2.66. The monoisotopic (exact) mass is 187 g/mol. The lowest BCUT2D eigenvalue weighted by Crippen LogP contribution is -2.10. The first kappa shape index (κ1) is 11.8. The largest absolute Gasteiger partial charge is 0.244 e. The van der Waals surface area contributed by atoms with Crippen molar-refractivity contribution in [3.63, 3.8) is 0 Å². The zero-order valence-electron chi connectivity index (χ0n) is 8.76. The summed E-state index contributed by atoms with van der Waals surface area (Å²) in [5.74, 6) is 4.13. The molecule has 0 aliphatic carbocycles. The zero-order valence-corrected chi connectivity index (χ0v) is 9.58. The van der Waals surface area contributed by atoms with Crippen LogP contribution in [0.4, 0.5) is 0 Å². The minimum Gasteiger partial charge on any atom is -0.244 e. The van der Waals surface area contributed by atoms with Crippen LogP contribution in [0.1, 0.15) is 27.2 Å². The molecule has 0 fully saturated rings. The Bertz CT molecular complexity index is 156. The summed E-state index contributed by atoms with van der Waals surface area (Å²) < 4.78 is 0. The van der Waals surface area contributed by atoms with Gasteiger partial charge in [-0.15, -0.1) is 0 Å². The molecule has 0 aromatic rings. The van der Waals surface area contributed by atoms with E-state index in [0.717, 1.165) is 6.42 Å². The average molecular weight is 187 g/mol. The lowest BCUT2D eigenvalue weighted by Gasteiger charge is -2.33. The first-order valence-corrected chi connectivity index (χ1v) is 7.23. The van der Waals surface area contributed by atoms with E-state index in [9.17, 15) is 0 Å². The second-order valence-corrected chi connectivity index (χ2v) is 8.10. The molecule has 0 aliphatic rings. The van der Waals surface area contributed by atoms with Crippen molar-refractivity contribution in [2.75, 3.05) is 23.5 Å². The van der Waals surface area contributed by atoms with Gasteiger partial charge in [0, 0.05) is 5.92 Å². The van der Waals surface area contributed by atoms with Gasteiger partial charge in [-0.2, -0.15) is 5.26 Å². The van der Waals surface area contributed by atoms with Crippen LogP contribution >= 0.6 is 10.0 Å². The third-order valence-corrected chi connectivity index (χ3v) is 6.67. The number of hydrogen-bond donors (Lipinski definition) is 0. The normalized spacial score (nSPS) is 15.2. The van der Waals surface area contributed by atoms with Gasteiger partial charge in [0.05, 0.1) is 6.07 Å². The van der Waals surface area contributed by atoms with Crippen molar-refractivity contribution in [2.45, 2.75) is 27.2 Å². The second-order valence-electron chi connectivity index (χ2n) is 3.58. The Morgan fingerprint density at radius 1 is 1.33 bits per heavy atom. The van der Waals surface area contributed by atoms with Crippen molar-refractivity contribution < 1.29 is 0 Å². The molecule has 1 nitrogen and oxygen atoms in total. The van der Waals surface area contributed by atoms with Crippen LogP contribution in [0.15, 0.2) is 0 Å². The van der Waals surface area contributed by atoms with Crippen molar-refractivity contribution in [2.24, 2.45) is 5.92 Å². The fourth-order valence-electron chi connectivity index (χ4n) is 1.02. The topological polar surface area (TPSA) is 23.8 Å². The summed E-state index contributed by atoms with van der Waals surface area (Å²) in [4.78, 5) is 0. The molecule has 12 heavy (non-hydrogen) atoms. The molecule has 0 N–H and O–H groups in total. The predicted octanol–water partition coefficient (Wildman–Crippen LogP) is 3.01. The minimum atomic E-state index is -0.371. The number of nitrogens with zero attached hydrogens (tertiary/aromatic N) is 1. The van der Waals surface area contributed by atoms with Gasteiger partial charge in [0.25, 0.3) is 0 Å². The van der Waals surface area contributed by atoms with Gasteiger partial charge < -0.3 is 0 Å². The lowest BCUT2D eigenvalue weighted by atomic mass is 10.1. The van der Waals surface area contributed by atoms with Gasteiger partial charge in [0.1, 0.15) is 0 Å². The molecule has 0 heterocycles. The van der Waals surface area contributed by atoms with E-state index in [-0.39, 0.29) is 15.9 Å². The van der Waals surface area contributed by atoms with E-state index in [1.807, 2.05) is 6.92 Å². The van der Waals surface area contributed by atoms with Crippen LogP contribution in [-0.2, 0) is 0 Å². The van der Waals surface area contributed by atoms with Crippen molar-refractivity contribution in [1.82, 2.24) is 0 Å². The first-order chi connectivity index (χ1) is 5.58. The van der Waals surface area contributed by atoms with Crippen molar-refractivity contribution >= 4 is 10.0 Å². The van der Waals surface area contributed by atoms with Crippen LogP contribution < -0.4 is 0 Å². The molecule has 0 aromatic heterocycles. The number of hydrogen-bond acceptors (Lipinski definition) is 1. The molecule has 0 radical (unpaired) electrons. The molecular formula is C10H21NS. The van der Waals surface area contributed by atoms with Crippen molar-refractivity contribution in [3.05, 3.63) is 0 Å². The van der Waals surface area contributed by atoms with Crippen LogP contribution in [0.25, 0.3) is 0 Å². The highest BCUT2D eigenvalue weighted by atomic mass is 32.3. The summed E-state index contributed by atoms with van der Waals surface area (Å²) in [7, 11) is -0.371. The minimum absolute atomic E-state index is 0.245. The Kier molecular flexibility index (Phi) is 5.41. The van der Waals surface area contributed by atoms with Gasteiger partial charge in [-0.05, 0) is 36.9 Å². The molecule has 0 bridgehead atoms. The smallest absolute Gasteiger partial charge is 0.0653 e.